The standard InChI is InChI=1S/C14H14N4O3/c1-18(9-12-16-6-7-17-12)14(21)11-4-5-15-8-10(11)2-3-13(19)20/h2-8H,9H2,1H3,(H,16,17)(H,19,20). The summed E-state index contributed by atoms with van der Waals surface area (Å²) in [5.41, 5.74) is 0.841. The van der Waals surface area contributed by atoms with Gasteiger partial charge >= 0.3 is 5.97 Å². The summed E-state index contributed by atoms with van der Waals surface area (Å²) in [5.74, 6) is -0.650. The number of hydrogen-bond acceptors (Lipinski definition) is 4. The number of hydrogen-bond donors (Lipinski definition) is 2. The maximum Gasteiger partial charge on any atom is 0.328 e. The number of nitrogens with one attached hydrogen (secondary N) is 1. The third kappa shape index (κ3) is 3.75. The summed E-state index contributed by atoms with van der Waals surface area (Å²) >= 11 is 0. The van der Waals surface area contributed by atoms with Gasteiger partial charge in [-0.2, -0.15) is 0 Å². The Morgan fingerprint density at radius 3 is 2.90 bits per heavy atom. The number of amides is 1. The molecule has 0 bridgehead atoms. The van der Waals surface area contributed by atoms with Crippen LogP contribution in [0.3, 0.4) is 0 Å². The fourth-order valence-corrected chi connectivity index (χ4v) is 1.78. The first-order valence-corrected chi connectivity index (χ1v) is 6.16. The van der Waals surface area contributed by atoms with Gasteiger partial charge in [-0.05, 0) is 12.1 Å². The van der Waals surface area contributed by atoms with Crippen LogP contribution < -0.4 is 0 Å². The summed E-state index contributed by atoms with van der Waals surface area (Å²) < 4.78 is 0. The van der Waals surface area contributed by atoms with E-state index in [0.29, 0.717) is 23.5 Å². The lowest BCUT2D eigenvalue weighted by Crippen LogP contribution is -2.27. The highest BCUT2D eigenvalue weighted by Gasteiger charge is 2.15. The predicted octanol–water partition coefficient (Wildman–Crippen LogP) is 1.17. The average molecular weight is 286 g/mol. The van der Waals surface area contributed by atoms with Crippen LogP contribution in [0.1, 0.15) is 21.7 Å². The van der Waals surface area contributed by atoms with Gasteiger partial charge in [0.1, 0.15) is 5.82 Å². The van der Waals surface area contributed by atoms with Gasteiger partial charge in [-0.3, -0.25) is 9.78 Å². The fraction of sp³-hybridized carbons (Fsp3) is 0.143. The fourth-order valence-electron chi connectivity index (χ4n) is 1.78. The number of aromatic amines is 1. The number of carbonyl (C=O) groups excluding carboxylic acids is 1. The third-order valence-electron chi connectivity index (χ3n) is 2.78. The molecule has 0 saturated heterocycles. The molecule has 0 atom stereocenters. The number of carboxylic acid groups (broad SMARTS) is 1. The van der Waals surface area contributed by atoms with E-state index < -0.39 is 5.97 Å². The number of aliphatic carboxylic acids is 1. The van der Waals surface area contributed by atoms with Crippen molar-refractivity contribution < 1.29 is 14.7 Å². The third-order valence-corrected chi connectivity index (χ3v) is 2.78. The second-order valence-corrected chi connectivity index (χ2v) is 4.33. The number of H-pyrrole nitrogens is 1. The summed E-state index contributed by atoms with van der Waals surface area (Å²) in [6.07, 6.45) is 8.56. The molecule has 0 aliphatic rings. The van der Waals surface area contributed by atoms with Gasteiger partial charge in [0, 0.05) is 49.0 Å². The largest absolute Gasteiger partial charge is 0.478 e. The molecule has 2 aromatic rings. The predicted molar refractivity (Wildman–Crippen MR) is 75.3 cm³/mol. The van der Waals surface area contributed by atoms with Gasteiger partial charge in [0.2, 0.25) is 0 Å². The van der Waals surface area contributed by atoms with Gasteiger partial charge in [0.05, 0.1) is 6.54 Å². The minimum atomic E-state index is -1.08. The zero-order valence-electron chi connectivity index (χ0n) is 11.4. The molecule has 0 saturated carbocycles. The Morgan fingerprint density at radius 2 is 2.24 bits per heavy atom. The molecule has 2 aromatic heterocycles. The van der Waals surface area contributed by atoms with E-state index in [1.807, 2.05) is 0 Å². The minimum Gasteiger partial charge on any atom is -0.478 e. The Balaban J connectivity index is 2.20. The molecule has 0 fully saturated rings. The number of pyridine rings is 1. The first-order valence-electron chi connectivity index (χ1n) is 6.16. The van der Waals surface area contributed by atoms with Crippen molar-refractivity contribution >= 4 is 18.0 Å². The maximum absolute atomic E-state index is 12.4. The summed E-state index contributed by atoms with van der Waals surface area (Å²) in [5, 5.41) is 8.67. The van der Waals surface area contributed by atoms with Crippen molar-refractivity contribution in [2.75, 3.05) is 7.05 Å². The summed E-state index contributed by atoms with van der Waals surface area (Å²) in [6, 6.07) is 1.56. The Bertz CT molecular complexity index is 665. The Labute approximate surface area is 121 Å². The lowest BCUT2D eigenvalue weighted by molar-refractivity contribution is -0.131. The smallest absolute Gasteiger partial charge is 0.328 e. The van der Waals surface area contributed by atoms with Crippen molar-refractivity contribution in [1.82, 2.24) is 19.9 Å². The van der Waals surface area contributed by atoms with Crippen LogP contribution in [0.25, 0.3) is 6.08 Å². The zero-order valence-corrected chi connectivity index (χ0v) is 11.4. The monoisotopic (exact) mass is 286 g/mol. The molecule has 0 spiro atoms. The molecule has 108 valence electrons. The molecule has 2 N–H and O–H groups in total. The summed E-state index contributed by atoms with van der Waals surface area (Å²) in [4.78, 5) is 35.4. The molecule has 0 aliphatic heterocycles. The maximum atomic E-state index is 12.4. The molecule has 0 radical (unpaired) electrons. The molecule has 0 aromatic carbocycles. The van der Waals surface area contributed by atoms with Crippen molar-refractivity contribution in [3.63, 3.8) is 0 Å². The first-order chi connectivity index (χ1) is 10.1. The molecular formula is C14H14N4O3. The molecule has 2 rings (SSSR count). The van der Waals surface area contributed by atoms with Crippen molar-refractivity contribution in [2.45, 2.75) is 6.54 Å². The van der Waals surface area contributed by atoms with E-state index in [0.717, 1.165) is 6.08 Å². The first kappa shape index (κ1) is 14.4. The van der Waals surface area contributed by atoms with E-state index in [2.05, 4.69) is 15.0 Å². The van der Waals surface area contributed by atoms with Crippen molar-refractivity contribution in [1.29, 1.82) is 0 Å². The van der Waals surface area contributed by atoms with Crippen LogP contribution in [-0.4, -0.2) is 43.9 Å². The lowest BCUT2D eigenvalue weighted by atomic mass is 10.1. The van der Waals surface area contributed by atoms with Crippen LogP contribution in [0.4, 0.5) is 0 Å². The van der Waals surface area contributed by atoms with Gasteiger partial charge in [0.25, 0.3) is 5.91 Å². The highest BCUT2D eigenvalue weighted by atomic mass is 16.4. The number of carbonyl (C=O) groups is 2. The van der Waals surface area contributed by atoms with Crippen molar-refractivity contribution in [3.8, 4) is 0 Å². The van der Waals surface area contributed by atoms with E-state index in [4.69, 9.17) is 5.11 Å². The van der Waals surface area contributed by atoms with Gasteiger partial charge < -0.3 is 15.0 Å². The minimum absolute atomic E-state index is 0.237. The number of imidazole rings is 1. The molecule has 1 amide bonds. The van der Waals surface area contributed by atoms with Crippen LogP contribution in [0.15, 0.2) is 36.9 Å². The normalized spacial score (nSPS) is 10.7. The Kier molecular flexibility index (Phi) is 4.45. The molecule has 21 heavy (non-hydrogen) atoms. The quantitative estimate of drug-likeness (QED) is 0.804. The van der Waals surface area contributed by atoms with Crippen molar-refractivity contribution in [2.24, 2.45) is 0 Å². The molecule has 7 nitrogen and oxygen atoms in total. The number of rotatable bonds is 5. The Hall–Kier alpha value is -2.96. The van der Waals surface area contributed by atoms with Gasteiger partial charge in [0.15, 0.2) is 0 Å². The number of nitrogens with zero attached hydrogens (tertiary/aromatic N) is 3. The van der Waals surface area contributed by atoms with Crippen LogP contribution in [0.2, 0.25) is 0 Å². The molecule has 0 unspecified atom stereocenters. The van der Waals surface area contributed by atoms with Crippen LogP contribution in [0.5, 0.6) is 0 Å². The van der Waals surface area contributed by atoms with Gasteiger partial charge in [-0.25, -0.2) is 9.78 Å². The van der Waals surface area contributed by atoms with E-state index in [9.17, 15) is 9.59 Å². The second-order valence-electron chi connectivity index (χ2n) is 4.33. The SMILES string of the molecule is CN(Cc1ncc[nH]1)C(=O)c1ccncc1C=CC(=O)O. The molecule has 2 heterocycles. The second kappa shape index (κ2) is 6.47. The zero-order chi connectivity index (χ0) is 15.2. The van der Waals surface area contributed by atoms with Gasteiger partial charge in [-0.15, -0.1) is 0 Å². The topological polar surface area (TPSA) is 99.2 Å². The van der Waals surface area contributed by atoms with E-state index in [-0.39, 0.29) is 5.91 Å². The van der Waals surface area contributed by atoms with Gasteiger partial charge in [-0.1, -0.05) is 0 Å². The number of aromatic nitrogens is 3. The Morgan fingerprint density at radius 1 is 1.43 bits per heavy atom. The van der Waals surface area contributed by atoms with Crippen LogP contribution >= 0.6 is 0 Å². The van der Waals surface area contributed by atoms with Crippen LogP contribution in [0, 0.1) is 0 Å². The lowest BCUT2D eigenvalue weighted by Gasteiger charge is -2.16. The van der Waals surface area contributed by atoms with Crippen LogP contribution in [-0.2, 0) is 11.3 Å². The molecule has 0 aliphatic carbocycles. The average Bonchev–Trinajstić information content (AvgIpc) is 2.97. The van der Waals surface area contributed by atoms with E-state index in [1.54, 1.807) is 25.5 Å². The van der Waals surface area contributed by atoms with E-state index >= 15 is 0 Å². The molecular weight excluding hydrogens is 272 g/mol. The number of carboxylic acids is 1. The van der Waals surface area contributed by atoms with E-state index in [1.165, 1.54) is 23.4 Å². The molecule has 7 heteroatoms. The highest BCUT2D eigenvalue weighted by molar-refractivity contribution is 5.98. The highest BCUT2D eigenvalue weighted by Crippen LogP contribution is 2.12. The van der Waals surface area contributed by atoms with Crippen molar-refractivity contribution in [3.05, 3.63) is 53.9 Å². The summed E-state index contributed by atoms with van der Waals surface area (Å²) in [6.45, 7) is 0.330. The summed E-state index contributed by atoms with van der Waals surface area (Å²) in [7, 11) is 1.65.